The van der Waals surface area contributed by atoms with Gasteiger partial charge >= 0.3 is 0 Å². The molecule has 5 heteroatoms. The molecular formula is C11H14N4O. The Morgan fingerprint density at radius 1 is 1.44 bits per heavy atom. The van der Waals surface area contributed by atoms with Crippen molar-refractivity contribution < 1.29 is 4.52 Å². The lowest BCUT2D eigenvalue weighted by Gasteiger charge is -1.98. The summed E-state index contributed by atoms with van der Waals surface area (Å²) in [7, 11) is 0. The van der Waals surface area contributed by atoms with Crippen LogP contribution in [-0.4, -0.2) is 21.7 Å². The summed E-state index contributed by atoms with van der Waals surface area (Å²) in [5, 5.41) is 3.89. The first-order valence-electron chi connectivity index (χ1n) is 5.17. The third-order valence-electron chi connectivity index (χ3n) is 2.39. The molecule has 0 radical (unpaired) electrons. The maximum absolute atomic E-state index is 5.54. The molecule has 2 heterocycles. The third kappa shape index (κ3) is 2.09. The summed E-state index contributed by atoms with van der Waals surface area (Å²) in [4.78, 5) is 8.46. The molecule has 0 aliphatic carbocycles. The van der Waals surface area contributed by atoms with Crippen LogP contribution in [0, 0.1) is 6.92 Å². The Hall–Kier alpha value is -1.75. The van der Waals surface area contributed by atoms with Gasteiger partial charge in [0.1, 0.15) is 0 Å². The van der Waals surface area contributed by atoms with Gasteiger partial charge in [-0.05, 0) is 19.1 Å². The minimum absolute atomic E-state index is 0.107. The Labute approximate surface area is 93.7 Å². The van der Waals surface area contributed by atoms with Gasteiger partial charge in [-0.2, -0.15) is 4.98 Å². The number of aryl methyl sites for hydroxylation is 1. The molecule has 0 spiro atoms. The zero-order valence-electron chi connectivity index (χ0n) is 9.34. The largest absolute Gasteiger partial charge is 0.334 e. The molecule has 0 amide bonds. The molecule has 0 bridgehead atoms. The Bertz CT molecular complexity index is 463. The fraction of sp³-hybridized carbons (Fsp3) is 0.364. The van der Waals surface area contributed by atoms with Crippen LogP contribution in [0.4, 0.5) is 0 Å². The molecule has 0 fully saturated rings. The minimum Gasteiger partial charge on any atom is -0.334 e. The third-order valence-corrected chi connectivity index (χ3v) is 2.39. The molecule has 2 aromatic rings. The molecule has 5 nitrogen and oxygen atoms in total. The topological polar surface area (TPSA) is 77.8 Å². The van der Waals surface area contributed by atoms with E-state index in [0.29, 0.717) is 18.3 Å². The van der Waals surface area contributed by atoms with Gasteiger partial charge in [-0.3, -0.25) is 4.98 Å². The molecule has 1 atom stereocenters. The first-order chi connectivity index (χ1) is 7.70. The molecule has 2 N–H and O–H groups in total. The molecule has 16 heavy (non-hydrogen) atoms. The Morgan fingerprint density at radius 3 is 2.88 bits per heavy atom. The average molecular weight is 218 g/mol. The zero-order chi connectivity index (χ0) is 11.5. The van der Waals surface area contributed by atoms with Crippen LogP contribution in [0.3, 0.4) is 0 Å². The van der Waals surface area contributed by atoms with E-state index < -0.39 is 0 Å². The summed E-state index contributed by atoms with van der Waals surface area (Å²) < 4.78 is 5.16. The molecule has 0 saturated carbocycles. The monoisotopic (exact) mass is 218 g/mol. The van der Waals surface area contributed by atoms with Crippen LogP contribution >= 0.6 is 0 Å². The lowest BCUT2D eigenvalue weighted by atomic mass is 10.2. The maximum atomic E-state index is 5.54. The number of rotatable bonds is 3. The molecule has 2 aromatic heterocycles. The molecule has 0 saturated heterocycles. The van der Waals surface area contributed by atoms with Crippen LogP contribution in [0.2, 0.25) is 0 Å². The molecular weight excluding hydrogens is 204 g/mol. The smallest absolute Gasteiger partial charge is 0.259 e. The fourth-order valence-electron chi connectivity index (χ4n) is 1.25. The number of hydrogen-bond acceptors (Lipinski definition) is 5. The van der Waals surface area contributed by atoms with E-state index in [1.807, 2.05) is 26.0 Å². The van der Waals surface area contributed by atoms with Gasteiger partial charge in [0.25, 0.3) is 5.89 Å². The van der Waals surface area contributed by atoms with E-state index in [-0.39, 0.29) is 5.92 Å². The standard InChI is InChI=1S/C11H14N4O/c1-7(5-12)10-14-11(16-15-10)9-4-3-8(2)13-6-9/h3-4,6-7H,5,12H2,1-2H3. The first kappa shape index (κ1) is 10.8. The second kappa shape index (κ2) is 4.40. The van der Waals surface area contributed by atoms with Gasteiger partial charge in [0.15, 0.2) is 5.82 Å². The van der Waals surface area contributed by atoms with E-state index in [0.717, 1.165) is 11.3 Å². The van der Waals surface area contributed by atoms with Gasteiger partial charge in [0.05, 0.1) is 5.56 Å². The predicted molar refractivity (Wildman–Crippen MR) is 59.7 cm³/mol. The number of pyridine rings is 1. The lowest BCUT2D eigenvalue weighted by molar-refractivity contribution is 0.418. The summed E-state index contributed by atoms with van der Waals surface area (Å²) in [6.07, 6.45) is 1.72. The summed E-state index contributed by atoms with van der Waals surface area (Å²) in [5.74, 6) is 1.23. The van der Waals surface area contributed by atoms with E-state index in [2.05, 4.69) is 15.1 Å². The van der Waals surface area contributed by atoms with Crippen LogP contribution in [-0.2, 0) is 0 Å². The number of hydrogen-bond donors (Lipinski definition) is 1. The van der Waals surface area contributed by atoms with Crippen LogP contribution in [0.5, 0.6) is 0 Å². The highest BCUT2D eigenvalue weighted by molar-refractivity contribution is 5.50. The van der Waals surface area contributed by atoms with Crippen molar-refractivity contribution in [1.82, 2.24) is 15.1 Å². The second-order valence-electron chi connectivity index (χ2n) is 3.78. The van der Waals surface area contributed by atoms with Crippen molar-refractivity contribution in [2.75, 3.05) is 6.54 Å². The van der Waals surface area contributed by atoms with E-state index in [1.165, 1.54) is 0 Å². The van der Waals surface area contributed by atoms with Crippen LogP contribution in [0.15, 0.2) is 22.9 Å². The van der Waals surface area contributed by atoms with Gasteiger partial charge in [-0.25, -0.2) is 0 Å². The normalized spacial score (nSPS) is 12.7. The van der Waals surface area contributed by atoms with Crippen LogP contribution < -0.4 is 5.73 Å². The number of nitrogens with zero attached hydrogens (tertiary/aromatic N) is 3. The second-order valence-corrected chi connectivity index (χ2v) is 3.78. The van der Waals surface area contributed by atoms with Gasteiger partial charge in [0, 0.05) is 24.4 Å². The summed E-state index contributed by atoms with van der Waals surface area (Å²) in [5.41, 5.74) is 7.32. The lowest BCUT2D eigenvalue weighted by Crippen LogP contribution is -2.10. The molecule has 0 aliphatic rings. The van der Waals surface area contributed by atoms with Gasteiger partial charge in [0.2, 0.25) is 0 Å². The van der Waals surface area contributed by atoms with Crippen molar-refractivity contribution in [2.45, 2.75) is 19.8 Å². The van der Waals surface area contributed by atoms with Gasteiger partial charge in [-0.15, -0.1) is 0 Å². The molecule has 2 rings (SSSR count). The average Bonchev–Trinajstić information content (AvgIpc) is 2.78. The Balaban J connectivity index is 2.28. The highest BCUT2D eigenvalue weighted by Gasteiger charge is 2.13. The predicted octanol–water partition coefficient (Wildman–Crippen LogP) is 1.50. The van der Waals surface area contributed by atoms with E-state index in [4.69, 9.17) is 10.3 Å². The fourth-order valence-corrected chi connectivity index (χ4v) is 1.25. The summed E-state index contributed by atoms with van der Waals surface area (Å²) in [6.45, 7) is 4.40. The Kier molecular flexibility index (Phi) is 2.96. The van der Waals surface area contributed by atoms with E-state index in [1.54, 1.807) is 6.20 Å². The van der Waals surface area contributed by atoms with E-state index in [9.17, 15) is 0 Å². The van der Waals surface area contributed by atoms with Gasteiger partial charge in [-0.1, -0.05) is 12.1 Å². The number of nitrogens with two attached hydrogens (primary N) is 1. The summed E-state index contributed by atoms with van der Waals surface area (Å²) in [6, 6.07) is 3.82. The van der Waals surface area contributed by atoms with Crippen molar-refractivity contribution in [3.63, 3.8) is 0 Å². The van der Waals surface area contributed by atoms with Crippen molar-refractivity contribution in [1.29, 1.82) is 0 Å². The summed E-state index contributed by atoms with van der Waals surface area (Å²) >= 11 is 0. The molecule has 1 unspecified atom stereocenters. The highest BCUT2D eigenvalue weighted by atomic mass is 16.5. The minimum atomic E-state index is 0.107. The van der Waals surface area contributed by atoms with E-state index >= 15 is 0 Å². The quantitative estimate of drug-likeness (QED) is 0.844. The van der Waals surface area contributed by atoms with Crippen molar-refractivity contribution in [3.8, 4) is 11.5 Å². The van der Waals surface area contributed by atoms with Crippen molar-refractivity contribution >= 4 is 0 Å². The van der Waals surface area contributed by atoms with Crippen LogP contribution in [0.1, 0.15) is 24.4 Å². The zero-order valence-corrected chi connectivity index (χ0v) is 9.34. The molecule has 84 valence electrons. The highest BCUT2D eigenvalue weighted by Crippen LogP contribution is 2.18. The first-order valence-corrected chi connectivity index (χ1v) is 5.17. The SMILES string of the molecule is Cc1ccc(-c2nc(C(C)CN)no2)cn1. The maximum Gasteiger partial charge on any atom is 0.259 e. The van der Waals surface area contributed by atoms with Crippen molar-refractivity contribution in [2.24, 2.45) is 5.73 Å². The Morgan fingerprint density at radius 2 is 2.25 bits per heavy atom. The molecule has 0 aromatic carbocycles. The van der Waals surface area contributed by atoms with Crippen LogP contribution in [0.25, 0.3) is 11.5 Å². The van der Waals surface area contributed by atoms with Gasteiger partial charge < -0.3 is 10.3 Å². The molecule has 0 aliphatic heterocycles. The van der Waals surface area contributed by atoms with Crippen molar-refractivity contribution in [3.05, 3.63) is 29.8 Å². The number of aromatic nitrogens is 3.